The highest BCUT2D eigenvalue weighted by Gasteiger charge is 2.35. The van der Waals surface area contributed by atoms with Crippen LogP contribution in [0, 0.1) is 16.7 Å². The molecule has 0 radical (unpaired) electrons. The molecule has 0 spiro atoms. The van der Waals surface area contributed by atoms with Crippen LogP contribution in [-0.4, -0.2) is 19.7 Å². The Labute approximate surface area is 110 Å². The van der Waals surface area contributed by atoms with E-state index >= 15 is 0 Å². The molecular formula is C12H12Cl2N2O. The molecule has 5 heteroatoms. The fourth-order valence-corrected chi connectivity index (χ4v) is 2.13. The molecule has 0 aliphatic carbocycles. The van der Waals surface area contributed by atoms with Crippen molar-refractivity contribution in [1.82, 2.24) is 5.32 Å². The summed E-state index contributed by atoms with van der Waals surface area (Å²) in [6.07, 6.45) is 0.793. The van der Waals surface area contributed by atoms with Gasteiger partial charge >= 0.3 is 0 Å². The summed E-state index contributed by atoms with van der Waals surface area (Å²) in [6, 6.07) is 7.37. The smallest absolute Gasteiger partial charge is 0.139 e. The SMILES string of the molecule is N#CC1(COc2cc(Cl)ccc2Cl)CCNC1. The van der Waals surface area contributed by atoms with E-state index < -0.39 is 5.41 Å². The summed E-state index contributed by atoms with van der Waals surface area (Å²) >= 11 is 11.9. The monoisotopic (exact) mass is 270 g/mol. The van der Waals surface area contributed by atoms with Gasteiger partial charge in [0.25, 0.3) is 0 Å². The van der Waals surface area contributed by atoms with Gasteiger partial charge in [-0.25, -0.2) is 0 Å². The number of ether oxygens (including phenoxy) is 1. The number of rotatable bonds is 3. The molecule has 0 bridgehead atoms. The highest BCUT2D eigenvalue weighted by molar-refractivity contribution is 6.34. The molecule has 1 atom stereocenters. The first-order valence-corrected chi connectivity index (χ1v) is 6.11. The Hall–Kier alpha value is -0.950. The fraction of sp³-hybridized carbons (Fsp3) is 0.417. The molecule has 1 aromatic rings. The molecule has 2 rings (SSSR count). The molecule has 1 aliphatic heterocycles. The van der Waals surface area contributed by atoms with E-state index in [0.717, 1.165) is 13.0 Å². The summed E-state index contributed by atoms with van der Waals surface area (Å²) < 4.78 is 5.62. The summed E-state index contributed by atoms with van der Waals surface area (Å²) in [5, 5.41) is 13.4. The second-order valence-corrected chi connectivity index (χ2v) is 5.03. The highest BCUT2D eigenvalue weighted by Crippen LogP contribution is 2.31. The van der Waals surface area contributed by atoms with Gasteiger partial charge in [0, 0.05) is 17.6 Å². The summed E-state index contributed by atoms with van der Waals surface area (Å²) in [5.41, 5.74) is -0.453. The van der Waals surface area contributed by atoms with Crippen molar-refractivity contribution in [2.24, 2.45) is 5.41 Å². The summed E-state index contributed by atoms with van der Waals surface area (Å²) in [5.74, 6) is 0.528. The van der Waals surface area contributed by atoms with E-state index in [-0.39, 0.29) is 0 Å². The largest absolute Gasteiger partial charge is 0.490 e. The Morgan fingerprint density at radius 1 is 1.47 bits per heavy atom. The van der Waals surface area contributed by atoms with Crippen LogP contribution in [0.25, 0.3) is 0 Å². The van der Waals surface area contributed by atoms with Crippen molar-refractivity contribution >= 4 is 23.2 Å². The van der Waals surface area contributed by atoms with Gasteiger partial charge in [-0.15, -0.1) is 0 Å². The van der Waals surface area contributed by atoms with E-state index in [4.69, 9.17) is 27.9 Å². The Kier molecular flexibility index (Phi) is 3.78. The lowest BCUT2D eigenvalue weighted by molar-refractivity contribution is 0.212. The van der Waals surface area contributed by atoms with Crippen molar-refractivity contribution in [3.63, 3.8) is 0 Å². The predicted octanol–water partition coefficient (Wildman–Crippen LogP) is 2.88. The van der Waals surface area contributed by atoms with Crippen molar-refractivity contribution in [3.05, 3.63) is 28.2 Å². The molecule has 90 valence electrons. The zero-order chi connectivity index (χ0) is 12.3. The zero-order valence-electron chi connectivity index (χ0n) is 9.17. The Bertz CT molecular complexity index is 450. The van der Waals surface area contributed by atoms with Crippen molar-refractivity contribution in [2.45, 2.75) is 6.42 Å². The number of benzene rings is 1. The molecule has 1 heterocycles. The lowest BCUT2D eigenvalue weighted by Gasteiger charge is -2.20. The van der Waals surface area contributed by atoms with Gasteiger partial charge in [-0.05, 0) is 25.1 Å². The van der Waals surface area contributed by atoms with Crippen LogP contribution in [0.4, 0.5) is 0 Å². The van der Waals surface area contributed by atoms with E-state index in [9.17, 15) is 5.26 Å². The van der Waals surface area contributed by atoms with Crippen LogP contribution < -0.4 is 10.1 Å². The van der Waals surface area contributed by atoms with Crippen LogP contribution in [0.3, 0.4) is 0 Å². The average Bonchev–Trinajstić information content (AvgIpc) is 2.80. The molecule has 0 saturated carbocycles. The van der Waals surface area contributed by atoms with Crippen molar-refractivity contribution in [3.8, 4) is 11.8 Å². The lowest BCUT2D eigenvalue weighted by Crippen LogP contribution is -2.29. The predicted molar refractivity (Wildman–Crippen MR) is 67.5 cm³/mol. The van der Waals surface area contributed by atoms with Crippen molar-refractivity contribution in [2.75, 3.05) is 19.7 Å². The normalized spacial score (nSPS) is 23.4. The highest BCUT2D eigenvalue weighted by atomic mass is 35.5. The van der Waals surface area contributed by atoms with Crippen molar-refractivity contribution < 1.29 is 4.74 Å². The molecule has 1 aliphatic rings. The minimum absolute atomic E-state index is 0.330. The number of nitrogens with one attached hydrogen (secondary N) is 1. The molecular weight excluding hydrogens is 259 g/mol. The van der Waals surface area contributed by atoms with E-state index in [1.807, 2.05) is 0 Å². The maximum absolute atomic E-state index is 9.19. The first kappa shape index (κ1) is 12.5. The molecule has 17 heavy (non-hydrogen) atoms. The van der Waals surface area contributed by atoms with Gasteiger partial charge in [-0.1, -0.05) is 23.2 Å². The van der Waals surface area contributed by atoms with Gasteiger partial charge in [-0.3, -0.25) is 0 Å². The summed E-state index contributed by atoms with van der Waals surface area (Å²) in [6.45, 7) is 1.83. The van der Waals surface area contributed by atoms with E-state index in [1.165, 1.54) is 0 Å². The maximum Gasteiger partial charge on any atom is 0.139 e. The molecule has 3 nitrogen and oxygen atoms in total. The van der Waals surface area contributed by atoms with Gasteiger partial charge in [0.2, 0.25) is 0 Å². The number of nitrogens with zero attached hydrogens (tertiary/aromatic N) is 1. The standard InChI is InChI=1S/C12H12Cl2N2O/c13-9-1-2-10(14)11(5-9)17-8-12(6-15)3-4-16-7-12/h1-2,5,16H,3-4,7-8H2. The van der Waals surface area contributed by atoms with Gasteiger partial charge in [0.05, 0.1) is 11.1 Å². The Morgan fingerprint density at radius 2 is 2.29 bits per heavy atom. The fourth-order valence-electron chi connectivity index (χ4n) is 1.80. The van der Waals surface area contributed by atoms with Crippen LogP contribution >= 0.6 is 23.2 Å². The number of nitriles is 1. The third-order valence-corrected chi connectivity index (χ3v) is 3.43. The van der Waals surface area contributed by atoms with Crippen LogP contribution in [0.5, 0.6) is 5.75 Å². The van der Waals surface area contributed by atoms with Crippen LogP contribution in [0.1, 0.15) is 6.42 Å². The van der Waals surface area contributed by atoms with Gasteiger partial charge in [0.1, 0.15) is 17.8 Å². The number of hydrogen-bond donors (Lipinski definition) is 1. The first-order valence-electron chi connectivity index (χ1n) is 5.35. The van der Waals surface area contributed by atoms with Gasteiger partial charge in [0.15, 0.2) is 0 Å². The topological polar surface area (TPSA) is 45.0 Å². The third-order valence-electron chi connectivity index (χ3n) is 2.88. The molecule has 1 unspecified atom stereocenters. The summed E-state index contributed by atoms with van der Waals surface area (Å²) in [7, 11) is 0. The van der Waals surface area contributed by atoms with E-state index in [2.05, 4.69) is 11.4 Å². The molecule has 1 N–H and O–H groups in total. The van der Waals surface area contributed by atoms with Crippen LogP contribution in [0.2, 0.25) is 10.0 Å². The van der Waals surface area contributed by atoms with Gasteiger partial charge < -0.3 is 10.1 Å². The van der Waals surface area contributed by atoms with Crippen LogP contribution in [0.15, 0.2) is 18.2 Å². The average molecular weight is 271 g/mol. The third kappa shape index (κ3) is 2.84. The zero-order valence-corrected chi connectivity index (χ0v) is 10.7. The lowest BCUT2D eigenvalue weighted by atomic mass is 9.90. The molecule has 0 amide bonds. The minimum atomic E-state index is -0.453. The van der Waals surface area contributed by atoms with Crippen molar-refractivity contribution in [1.29, 1.82) is 5.26 Å². The molecule has 1 saturated heterocycles. The molecule has 0 aromatic heterocycles. The first-order chi connectivity index (χ1) is 8.15. The van der Waals surface area contributed by atoms with Gasteiger partial charge in [-0.2, -0.15) is 5.26 Å². The molecule has 1 fully saturated rings. The number of halogens is 2. The number of hydrogen-bond acceptors (Lipinski definition) is 3. The second kappa shape index (κ2) is 5.14. The van der Waals surface area contributed by atoms with E-state index in [0.29, 0.717) is 28.9 Å². The second-order valence-electron chi connectivity index (χ2n) is 4.18. The quantitative estimate of drug-likeness (QED) is 0.919. The minimum Gasteiger partial charge on any atom is -0.490 e. The Morgan fingerprint density at radius 3 is 2.94 bits per heavy atom. The van der Waals surface area contributed by atoms with Crippen LogP contribution in [-0.2, 0) is 0 Å². The maximum atomic E-state index is 9.19. The van der Waals surface area contributed by atoms with E-state index in [1.54, 1.807) is 18.2 Å². The Balaban J connectivity index is 2.07. The summed E-state index contributed by atoms with van der Waals surface area (Å²) in [4.78, 5) is 0. The molecule has 1 aromatic carbocycles.